The predicted molar refractivity (Wildman–Crippen MR) is 170 cm³/mol. The highest BCUT2D eigenvalue weighted by molar-refractivity contribution is 6.06. The molecule has 0 spiro atoms. The van der Waals surface area contributed by atoms with Crippen molar-refractivity contribution in [2.24, 2.45) is 0 Å². The van der Waals surface area contributed by atoms with E-state index in [0.717, 1.165) is 28.3 Å². The highest BCUT2D eigenvalue weighted by atomic mass is 19.3. The number of allylic oxidation sites excluding steroid dienone is 1. The number of alkyl halides is 2. The Balaban J connectivity index is 1.67. The minimum atomic E-state index is -2.75. The largest absolute Gasteiger partial charge is 0.472 e. The third kappa shape index (κ3) is 6.42. The molecule has 3 heterocycles. The fourth-order valence-electron chi connectivity index (χ4n) is 6.42. The number of amides is 1. The molecule has 3 atom stereocenters. The number of pyridine rings is 1. The molecule has 4 aromatic rings. The summed E-state index contributed by atoms with van der Waals surface area (Å²) in [6.45, 7) is 8.53. The van der Waals surface area contributed by atoms with Gasteiger partial charge in [-0.3, -0.25) is 4.79 Å². The molecule has 1 saturated heterocycles. The molecule has 0 radical (unpaired) electrons. The van der Waals surface area contributed by atoms with Crippen molar-refractivity contribution in [2.75, 3.05) is 27.2 Å². The van der Waals surface area contributed by atoms with Crippen LogP contribution in [-0.2, 0) is 4.79 Å². The lowest BCUT2D eigenvalue weighted by atomic mass is 9.92. The Labute approximate surface area is 266 Å². The van der Waals surface area contributed by atoms with Crippen LogP contribution in [0.5, 0.6) is 5.88 Å². The Morgan fingerprint density at radius 2 is 1.98 bits per heavy atom. The highest BCUT2D eigenvalue weighted by Crippen LogP contribution is 2.40. The van der Waals surface area contributed by atoms with Gasteiger partial charge in [0.05, 0.1) is 18.5 Å². The molecule has 0 aliphatic carbocycles. The zero-order valence-electron chi connectivity index (χ0n) is 26.9. The fraction of sp³-hybridized carbons (Fsp3) is 0.441. The molecule has 0 bridgehead atoms. The molecule has 46 heavy (non-hydrogen) atoms. The van der Waals surface area contributed by atoms with E-state index in [1.54, 1.807) is 4.68 Å². The summed E-state index contributed by atoms with van der Waals surface area (Å²) < 4.78 is 50.3. The van der Waals surface area contributed by atoms with Gasteiger partial charge in [0.2, 0.25) is 11.8 Å². The molecule has 1 amide bonds. The van der Waals surface area contributed by atoms with E-state index < -0.39 is 24.2 Å². The quantitative estimate of drug-likeness (QED) is 0.199. The number of fused-ring (bicyclic) bond motifs is 3. The van der Waals surface area contributed by atoms with Crippen LogP contribution in [0, 0.1) is 37.9 Å². The van der Waals surface area contributed by atoms with Crippen molar-refractivity contribution in [3.63, 3.8) is 0 Å². The van der Waals surface area contributed by atoms with Gasteiger partial charge in [0.1, 0.15) is 17.1 Å². The number of nitrogens with zero attached hydrogens (tertiary/aromatic N) is 7. The molecule has 2 aromatic heterocycles. The number of nitriles is 1. The first-order chi connectivity index (χ1) is 21.9. The van der Waals surface area contributed by atoms with Crippen LogP contribution in [0.15, 0.2) is 36.4 Å². The molecule has 242 valence electrons. The molecule has 1 aliphatic rings. The van der Waals surface area contributed by atoms with Crippen molar-refractivity contribution in [3.05, 3.63) is 58.9 Å². The number of rotatable bonds is 9. The van der Waals surface area contributed by atoms with Gasteiger partial charge in [0, 0.05) is 36.2 Å². The summed E-state index contributed by atoms with van der Waals surface area (Å²) >= 11 is 0. The summed E-state index contributed by atoms with van der Waals surface area (Å²) in [4.78, 5) is 20.9. The van der Waals surface area contributed by atoms with Crippen LogP contribution in [0.4, 0.5) is 13.2 Å². The summed E-state index contributed by atoms with van der Waals surface area (Å²) in [5.41, 5.74) is 5.04. The van der Waals surface area contributed by atoms with Gasteiger partial charge >= 0.3 is 0 Å². The third-order valence-corrected chi connectivity index (χ3v) is 8.64. The van der Waals surface area contributed by atoms with Gasteiger partial charge in [-0.1, -0.05) is 23.4 Å². The number of aromatic nitrogens is 4. The van der Waals surface area contributed by atoms with E-state index >= 15 is 4.39 Å². The lowest BCUT2D eigenvalue weighted by Gasteiger charge is -2.38. The number of aryl methyl sites for hydroxylation is 2. The van der Waals surface area contributed by atoms with E-state index in [4.69, 9.17) is 9.72 Å². The molecule has 5 rings (SSSR count). The summed E-state index contributed by atoms with van der Waals surface area (Å²) in [6.07, 6.45) is -0.872. The van der Waals surface area contributed by atoms with Crippen LogP contribution in [-0.4, -0.2) is 81.4 Å². The van der Waals surface area contributed by atoms with E-state index in [1.165, 1.54) is 4.90 Å². The van der Waals surface area contributed by atoms with Gasteiger partial charge in [-0.2, -0.15) is 5.26 Å². The Hall–Kier alpha value is -4.50. The number of carbonyl (C=O) groups excluding carboxylic acids is 1. The molecule has 1 fully saturated rings. The van der Waals surface area contributed by atoms with E-state index in [-0.39, 0.29) is 36.5 Å². The van der Waals surface area contributed by atoms with Crippen LogP contribution < -0.4 is 4.74 Å². The molecule has 0 unspecified atom stereocenters. The minimum absolute atomic E-state index is 0.0169. The number of benzene rings is 2. The first-order valence-corrected chi connectivity index (χ1v) is 15.3. The average molecular weight is 634 g/mol. The zero-order valence-corrected chi connectivity index (χ0v) is 26.9. The first kappa shape index (κ1) is 32.9. The van der Waals surface area contributed by atoms with E-state index in [2.05, 4.69) is 16.4 Å². The number of carbonyl (C=O) groups is 1. The normalized spacial score (nSPS) is 17.8. The van der Waals surface area contributed by atoms with Gasteiger partial charge in [-0.05, 0) is 89.0 Å². The number of piperidine rings is 1. The second-order valence-electron chi connectivity index (χ2n) is 12.3. The molecule has 9 nitrogen and oxygen atoms in total. The van der Waals surface area contributed by atoms with E-state index in [9.17, 15) is 18.8 Å². The lowest BCUT2D eigenvalue weighted by molar-refractivity contribution is -0.130. The Kier molecular flexibility index (Phi) is 9.63. The van der Waals surface area contributed by atoms with Crippen molar-refractivity contribution in [2.45, 2.75) is 71.6 Å². The monoisotopic (exact) mass is 633 g/mol. The predicted octanol–water partition coefficient (Wildman–Crippen LogP) is 6.31. The maximum absolute atomic E-state index is 16.8. The van der Waals surface area contributed by atoms with Crippen LogP contribution in [0.2, 0.25) is 0 Å². The summed E-state index contributed by atoms with van der Waals surface area (Å²) in [5.74, 6) is -0.882. The van der Waals surface area contributed by atoms with Gasteiger partial charge in [0.25, 0.3) is 6.43 Å². The summed E-state index contributed by atoms with van der Waals surface area (Å²) in [6, 6.07) is 8.98. The lowest BCUT2D eigenvalue weighted by Crippen LogP contribution is -2.46. The maximum atomic E-state index is 16.8. The Morgan fingerprint density at radius 1 is 1.22 bits per heavy atom. The first-order valence-electron chi connectivity index (χ1n) is 15.3. The molecule has 0 saturated carbocycles. The van der Waals surface area contributed by atoms with Crippen molar-refractivity contribution < 1.29 is 22.7 Å². The van der Waals surface area contributed by atoms with E-state index in [1.807, 2.05) is 71.0 Å². The van der Waals surface area contributed by atoms with Crippen LogP contribution >= 0.6 is 0 Å². The van der Waals surface area contributed by atoms with Crippen LogP contribution in [0.1, 0.15) is 48.9 Å². The van der Waals surface area contributed by atoms with Crippen LogP contribution in [0.25, 0.3) is 33.1 Å². The summed E-state index contributed by atoms with van der Waals surface area (Å²) in [7, 11) is 3.85. The van der Waals surface area contributed by atoms with Gasteiger partial charge in [0.15, 0.2) is 11.3 Å². The number of likely N-dealkylation sites (N-methyl/N-ethyl adjacent to an activating group) is 1. The second kappa shape index (κ2) is 13.5. The number of hydrogen-bond donors (Lipinski definition) is 0. The molecular formula is C34H38F3N7O2. The topological polar surface area (TPSA) is 100 Å². The smallest absolute Gasteiger partial charge is 0.257 e. The fourth-order valence-corrected chi connectivity index (χ4v) is 6.42. The maximum Gasteiger partial charge on any atom is 0.257 e. The van der Waals surface area contributed by atoms with Gasteiger partial charge in [-0.25, -0.2) is 22.8 Å². The highest BCUT2D eigenvalue weighted by Gasteiger charge is 2.34. The standard InChI is InChI=1S/C34H38F3N7O2/c1-19-8-7-9-25(22(19)4)29-20(2)16-26-31(30(29)37)39-34(46-21(3)18-42(5)6)32-33(26)44(41-40-32)24-13-15-43(23(17-24)12-14-38)28(45)11-10-27(35)36/h7-11,16,21,23-24,27H,12-13,15,17-18H2,1-6H3/b11-10+/t21-,23+,24-/m0/s1. The van der Waals surface area contributed by atoms with E-state index in [0.29, 0.717) is 47.4 Å². The Bertz CT molecular complexity index is 1850. The molecule has 12 heteroatoms. The van der Waals surface area contributed by atoms with Crippen molar-refractivity contribution in [1.82, 2.24) is 29.8 Å². The molecule has 0 N–H and O–H groups in total. The third-order valence-electron chi connectivity index (χ3n) is 8.64. The SMILES string of the molecule is Cc1cccc(-c2c(C)cc3c(nc(O[C@@H](C)CN(C)C)c4nnn([C@H]5CCN(C(=O)/C=C/C(F)F)[C@H](CC#N)C5)c43)c2F)c1C. The van der Waals surface area contributed by atoms with Crippen molar-refractivity contribution in [1.29, 1.82) is 5.26 Å². The Morgan fingerprint density at radius 3 is 2.67 bits per heavy atom. The molecule has 2 aromatic carbocycles. The number of likely N-dealkylation sites (tertiary alicyclic amines) is 1. The minimum Gasteiger partial charge on any atom is -0.472 e. The summed E-state index contributed by atoms with van der Waals surface area (Å²) in [5, 5.41) is 19.0. The van der Waals surface area contributed by atoms with Gasteiger partial charge < -0.3 is 14.5 Å². The average Bonchev–Trinajstić information content (AvgIpc) is 3.44. The number of hydrogen-bond acceptors (Lipinski definition) is 7. The number of ether oxygens (including phenoxy) is 1. The van der Waals surface area contributed by atoms with Crippen molar-refractivity contribution in [3.8, 4) is 23.1 Å². The molecular weight excluding hydrogens is 595 g/mol. The van der Waals surface area contributed by atoms with Crippen LogP contribution in [0.3, 0.4) is 0 Å². The second-order valence-corrected chi connectivity index (χ2v) is 12.3. The van der Waals surface area contributed by atoms with Crippen molar-refractivity contribution >= 4 is 27.8 Å². The van der Waals surface area contributed by atoms with Gasteiger partial charge in [-0.15, -0.1) is 5.10 Å². The number of halogens is 3. The zero-order chi connectivity index (χ0) is 33.3. The molecule has 1 aliphatic heterocycles.